The van der Waals surface area contributed by atoms with Crippen LogP contribution in [0.4, 0.5) is 0 Å². The summed E-state index contributed by atoms with van der Waals surface area (Å²) in [4.78, 5) is 18.2. The average molecular weight is 360 g/mol. The van der Waals surface area contributed by atoms with Crippen LogP contribution in [0.25, 0.3) is 16.2 Å². The molecule has 0 spiro atoms. The van der Waals surface area contributed by atoms with Gasteiger partial charge in [0.25, 0.3) is 0 Å². The van der Waals surface area contributed by atoms with Crippen molar-refractivity contribution in [3.8, 4) is 22.8 Å². The van der Waals surface area contributed by atoms with Gasteiger partial charge in [0.05, 0.1) is 25.6 Å². The van der Waals surface area contributed by atoms with Crippen molar-refractivity contribution in [3.05, 3.63) is 34.5 Å². The normalized spacial score (nSPS) is 11.0. The van der Waals surface area contributed by atoms with Crippen LogP contribution in [-0.4, -0.2) is 34.7 Å². The molecule has 0 unspecified atom stereocenters. The summed E-state index contributed by atoms with van der Waals surface area (Å²) in [5.74, 6) is 0.273. The van der Waals surface area contributed by atoms with Gasteiger partial charge < -0.3 is 14.6 Å². The lowest BCUT2D eigenvalue weighted by molar-refractivity contribution is 0.0688. The van der Waals surface area contributed by atoms with Crippen LogP contribution in [0.15, 0.2) is 18.2 Å². The average Bonchev–Trinajstić information content (AvgIpc) is 3.15. The first kappa shape index (κ1) is 17.3. The van der Waals surface area contributed by atoms with E-state index in [1.54, 1.807) is 18.6 Å². The zero-order valence-corrected chi connectivity index (χ0v) is 15.4. The maximum atomic E-state index is 11.9. The number of thiazole rings is 1. The SMILES string of the molecule is CCc1nc2sc(CC)c(-c3ccc(OC)c(OC)c3)n2c1C(=O)O. The van der Waals surface area contributed by atoms with Crippen molar-refractivity contribution < 1.29 is 19.4 Å². The van der Waals surface area contributed by atoms with Crippen LogP contribution in [0.2, 0.25) is 0 Å². The molecule has 2 aromatic heterocycles. The zero-order valence-electron chi connectivity index (χ0n) is 14.6. The summed E-state index contributed by atoms with van der Waals surface area (Å²) < 4.78 is 12.5. The molecule has 1 aromatic carbocycles. The molecule has 6 nitrogen and oxygen atoms in total. The standard InChI is InChI=1S/C18H20N2O4S/c1-5-11-16(17(21)22)20-15(14(6-2)25-18(20)19-11)10-7-8-12(23-3)13(9-10)24-4/h7-9H,5-6H2,1-4H3,(H,21,22). The van der Waals surface area contributed by atoms with Gasteiger partial charge in [-0.15, -0.1) is 11.3 Å². The molecule has 3 aromatic rings. The fourth-order valence-corrected chi connectivity index (χ4v) is 4.08. The number of methoxy groups -OCH3 is 2. The molecule has 0 bridgehead atoms. The molecule has 1 N–H and O–H groups in total. The summed E-state index contributed by atoms with van der Waals surface area (Å²) in [6, 6.07) is 5.62. The van der Waals surface area contributed by atoms with Gasteiger partial charge in [-0.3, -0.25) is 4.40 Å². The molecule has 0 aliphatic carbocycles. The Morgan fingerprint density at radius 2 is 1.92 bits per heavy atom. The number of hydrogen-bond acceptors (Lipinski definition) is 5. The minimum atomic E-state index is -0.966. The molecule has 0 radical (unpaired) electrons. The molecule has 0 amide bonds. The second-order valence-corrected chi connectivity index (χ2v) is 6.54. The minimum absolute atomic E-state index is 0.234. The molecule has 2 heterocycles. The molecule has 3 rings (SSSR count). The maximum absolute atomic E-state index is 11.9. The highest BCUT2D eigenvalue weighted by molar-refractivity contribution is 7.17. The molecule has 0 saturated heterocycles. The molecule has 0 atom stereocenters. The van der Waals surface area contributed by atoms with Crippen molar-refractivity contribution in [2.45, 2.75) is 26.7 Å². The van der Waals surface area contributed by atoms with E-state index in [2.05, 4.69) is 11.9 Å². The van der Waals surface area contributed by atoms with E-state index in [9.17, 15) is 9.90 Å². The van der Waals surface area contributed by atoms with Crippen molar-refractivity contribution in [3.63, 3.8) is 0 Å². The number of rotatable bonds is 6. The van der Waals surface area contributed by atoms with E-state index in [-0.39, 0.29) is 5.69 Å². The summed E-state index contributed by atoms with van der Waals surface area (Å²) in [6.07, 6.45) is 1.36. The van der Waals surface area contributed by atoms with E-state index in [4.69, 9.17) is 9.47 Å². The number of hydrogen-bond donors (Lipinski definition) is 1. The van der Waals surface area contributed by atoms with Crippen molar-refractivity contribution in [1.82, 2.24) is 9.38 Å². The van der Waals surface area contributed by atoms with Gasteiger partial charge in [0.1, 0.15) is 0 Å². The number of ether oxygens (including phenoxy) is 2. The molecule has 0 aliphatic heterocycles. The molecule has 7 heteroatoms. The van der Waals surface area contributed by atoms with Gasteiger partial charge in [0.2, 0.25) is 0 Å². The molecule has 25 heavy (non-hydrogen) atoms. The Morgan fingerprint density at radius 1 is 1.20 bits per heavy atom. The van der Waals surface area contributed by atoms with Gasteiger partial charge >= 0.3 is 5.97 Å². The highest BCUT2D eigenvalue weighted by atomic mass is 32.1. The van der Waals surface area contributed by atoms with Crippen molar-refractivity contribution >= 4 is 22.3 Å². The lowest BCUT2D eigenvalue weighted by Gasteiger charge is -2.11. The van der Waals surface area contributed by atoms with Gasteiger partial charge in [0, 0.05) is 10.4 Å². The number of benzene rings is 1. The summed E-state index contributed by atoms with van der Waals surface area (Å²) >= 11 is 1.53. The van der Waals surface area contributed by atoms with Crippen molar-refractivity contribution in [1.29, 1.82) is 0 Å². The highest BCUT2D eigenvalue weighted by Crippen LogP contribution is 2.38. The van der Waals surface area contributed by atoms with E-state index in [1.165, 1.54) is 11.3 Å². The first-order chi connectivity index (χ1) is 12.0. The van der Waals surface area contributed by atoms with Crippen LogP contribution >= 0.6 is 11.3 Å². The largest absolute Gasteiger partial charge is 0.493 e. The topological polar surface area (TPSA) is 73.1 Å². The van der Waals surface area contributed by atoms with E-state index in [1.807, 2.05) is 25.1 Å². The second-order valence-electron chi connectivity index (χ2n) is 5.48. The van der Waals surface area contributed by atoms with Crippen LogP contribution in [0.5, 0.6) is 11.5 Å². The van der Waals surface area contributed by atoms with E-state index in [0.29, 0.717) is 28.6 Å². The van der Waals surface area contributed by atoms with Crippen LogP contribution < -0.4 is 9.47 Å². The summed E-state index contributed by atoms with van der Waals surface area (Å²) in [6.45, 7) is 3.96. The minimum Gasteiger partial charge on any atom is -0.493 e. The third kappa shape index (κ3) is 2.74. The number of imidazole rings is 1. The summed E-state index contributed by atoms with van der Waals surface area (Å²) in [5.41, 5.74) is 2.57. The van der Waals surface area contributed by atoms with E-state index in [0.717, 1.165) is 22.6 Å². The number of fused-ring (bicyclic) bond motifs is 1. The number of nitrogens with zero attached hydrogens (tertiary/aromatic N) is 2. The summed E-state index contributed by atoms with van der Waals surface area (Å²) in [5, 5.41) is 9.72. The maximum Gasteiger partial charge on any atom is 0.354 e. The van der Waals surface area contributed by atoms with Gasteiger partial charge in [-0.25, -0.2) is 9.78 Å². The quantitative estimate of drug-likeness (QED) is 0.722. The predicted molar refractivity (Wildman–Crippen MR) is 97.3 cm³/mol. The summed E-state index contributed by atoms with van der Waals surface area (Å²) in [7, 11) is 3.17. The number of carboxylic acids is 1. The molecular weight excluding hydrogens is 340 g/mol. The number of aryl methyl sites for hydroxylation is 2. The molecule has 0 aliphatic rings. The smallest absolute Gasteiger partial charge is 0.354 e. The molecule has 132 valence electrons. The predicted octanol–water partition coefficient (Wildman–Crippen LogP) is 3.90. The third-order valence-electron chi connectivity index (χ3n) is 4.14. The fraction of sp³-hybridized carbons (Fsp3) is 0.333. The number of aromatic nitrogens is 2. The Morgan fingerprint density at radius 3 is 2.48 bits per heavy atom. The van der Waals surface area contributed by atoms with E-state index < -0.39 is 5.97 Å². The first-order valence-electron chi connectivity index (χ1n) is 8.04. The van der Waals surface area contributed by atoms with Gasteiger partial charge in [-0.05, 0) is 31.0 Å². The number of carboxylic acid groups (broad SMARTS) is 1. The Bertz CT molecular complexity index is 942. The molecular formula is C18H20N2O4S. The second kappa shape index (κ2) is 6.76. The monoisotopic (exact) mass is 360 g/mol. The first-order valence-corrected chi connectivity index (χ1v) is 8.85. The van der Waals surface area contributed by atoms with Gasteiger partial charge in [0.15, 0.2) is 22.2 Å². The zero-order chi connectivity index (χ0) is 18.1. The van der Waals surface area contributed by atoms with Crippen LogP contribution in [0.1, 0.15) is 34.9 Å². The third-order valence-corrected chi connectivity index (χ3v) is 5.32. The van der Waals surface area contributed by atoms with E-state index >= 15 is 0 Å². The fourth-order valence-electron chi connectivity index (χ4n) is 2.98. The molecule has 0 saturated carbocycles. The highest BCUT2D eigenvalue weighted by Gasteiger charge is 2.24. The number of aromatic carboxylic acids is 1. The Hall–Kier alpha value is -2.54. The lowest BCUT2D eigenvalue weighted by atomic mass is 10.1. The Kier molecular flexibility index (Phi) is 4.67. The van der Waals surface area contributed by atoms with Crippen LogP contribution in [-0.2, 0) is 12.8 Å². The van der Waals surface area contributed by atoms with Gasteiger partial charge in [-0.1, -0.05) is 13.8 Å². The van der Waals surface area contributed by atoms with Crippen LogP contribution in [0.3, 0.4) is 0 Å². The Balaban J connectivity index is 2.34. The van der Waals surface area contributed by atoms with Crippen molar-refractivity contribution in [2.75, 3.05) is 14.2 Å². The van der Waals surface area contributed by atoms with Crippen LogP contribution in [0, 0.1) is 0 Å². The Labute approximate surface area is 149 Å². The molecule has 0 fully saturated rings. The lowest BCUT2D eigenvalue weighted by Crippen LogP contribution is -2.06. The van der Waals surface area contributed by atoms with Gasteiger partial charge in [-0.2, -0.15) is 0 Å². The number of carbonyl (C=O) groups is 1. The van der Waals surface area contributed by atoms with Crippen molar-refractivity contribution in [2.24, 2.45) is 0 Å².